The molecule has 0 radical (unpaired) electrons. The van der Waals surface area contributed by atoms with Crippen LogP contribution in [0.1, 0.15) is 18.5 Å². The summed E-state index contributed by atoms with van der Waals surface area (Å²) in [6.45, 7) is 1.61. The van der Waals surface area contributed by atoms with E-state index >= 15 is 0 Å². The molecule has 0 aliphatic carbocycles. The molecule has 23 heavy (non-hydrogen) atoms. The van der Waals surface area contributed by atoms with Crippen molar-refractivity contribution < 1.29 is 9.18 Å². The number of pyridine rings is 1. The van der Waals surface area contributed by atoms with Gasteiger partial charge in [-0.15, -0.1) is 0 Å². The monoisotopic (exact) mass is 357 g/mol. The van der Waals surface area contributed by atoms with Crippen LogP contribution in [0.25, 0.3) is 0 Å². The summed E-state index contributed by atoms with van der Waals surface area (Å²) in [5.41, 5.74) is 0.0395. The van der Waals surface area contributed by atoms with Crippen LogP contribution in [-0.4, -0.2) is 10.6 Å². The molecule has 2 N–H and O–H groups in total. The fourth-order valence-electron chi connectivity index (χ4n) is 2.06. The topological polar surface area (TPSA) is 63.1 Å². The summed E-state index contributed by atoms with van der Waals surface area (Å²) in [5, 5.41) is 5.09. The largest absolute Gasteiger partial charge is 0.331 e. The lowest BCUT2D eigenvalue weighted by Gasteiger charge is -2.18. The standard InChI is InChI=1S/C15H14Cl2FN3O2/c1-8(12-9(16)5-6-10(18)13(12)17)19-15(23)20-11-4-3-7-21(2)14(11)22/h3-8H,1-2H3,(H2,19,20,23)/t8-/m0/s1. The van der Waals surface area contributed by atoms with E-state index in [0.717, 1.165) is 6.07 Å². The number of benzene rings is 1. The van der Waals surface area contributed by atoms with E-state index in [2.05, 4.69) is 10.6 Å². The molecule has 0 aliphatic heterocycles. The first-order valence-corrected chi connectivity index (χ1v) is 7.43. The molecule has 1 heterocycles. The first-order chi connectivity index (χ1) is 10.8. The molecule has 0 fully saturated rings. The zero-order chi connectivity index (χ0) is 17.1. The minimum Gasteiger partial charge on any atom is -0.331 e. The summed E-state index contributed by atoms with van der Waals surface area (Å²) in [4.78, 5) is 23.9. The van der Waals surface area contributed by atoms with Crippen LogP contribution in [0.2, 0.25) is 10.0 Å². The fourth-order valence-corrected chi connectivity index (χ4v) is 2.76. The summed E-state index contributed by atoms with van der Waals surface area (Å²) < 4.78 is 14.9. The molecule has 0 bridgehead atoms. The van der Waals surface area contributed by atoms with E-state index in [-0.39, 0.29) is 26.9 Å². The molecule has 2 amide bonds. The van der Waals surface area contributed by atoms with Crippen LogP contribution in [-0.2, 0) is 7.05 Å². The van der Waals surface area contributed by atoms with Gasteiger partial charge in [0.15, 0.2) is 0 Å². The molecular weight excluding hydrogens is 344 g/mol. The van der Waals surface area contributed by atoms with Crippen LogP contribution in [0.3, 0.4) is 0 Å². The van der Waals surface area contributed by atoms with Crippen LogP contribution < -0.4 is 16.2 Å². The molecule has 5 nitrogen and oxygen atoms in total. The average Bonchev–Trinajstić information content (AvgIpc) is 2.48. The second-order valence-electron chi connectivity index (χ2n) is 4.91. The van der Waals surface area contributed by atoms with Gasteiger partial charge in [0.2, 0.25) is 0 Å². The van der Waals surface area contributed by atoms with Crippen LogP contribution in [0.4, 0.5) is 14.9 Å². The van der Waals surface area contributed by atoms with E-state index in [4.69, 9.17) is 23.2 Å². The molecule has 1 aromatic heterocycles. The van der Waals surface area contributed by atoms with Crippen molar-refractivity contribution in [2.45, 2.75) is 13.0 Å². The first kappa shape index (κ1) is 17.3. The highest BCUT2D eigenvalue weighted by molar-refractivity contribution is 6.36. The van der Waals surface area contributed by atoms with Gasteiger partial charge >= 0.3 is 6.03 Å². The molecule has 0 spiro atoms. The van der Waals surface area contributed by atoms with Crippen molar-refractivity contribution in [1.82, 2.24) is 9.88 Å². The maximum atomic E-state index is 13.5. The van der Waals surface area contributed by atoms with E-state index in [1.165, 1.54) is 16.7 Å². The Morgan fingerprint density at radius 2 is 2.00 bits per heavy atom. The van der Waals surface area contributed by atoms with Gasteiger partial charge in [-0.1, -0.05) is 23.2 Å². The Morgan fingerprint density at radius 3 is 2.70 bits per heavy atom. The number of aryl methyl sites for hydroxylation is 1. The van der Waals surface area contributed by atoms with Gasteiger partial charge in [-0.2, -0.15) is 0 Å². The van der Waals surface area contributed by atoms with E-state index in [1.807, 2.05) is 0 Å². The predicted octanol–water partition coefficient (Wildman–Crippen LogP) is 3.71. The quantitative estimate of drug-likeness (QED) is 0.822. The van der Waals surface area contributed by atoms with Crippen LogP contribution in [0, 0.1) is 5.82 Å². The molecule has 2 rings (SSSR count). The van der Waals surface area contributed by atoms with Crippen molar-refractivity contribution in [2.75, 3.05) is 5.32 Å². The minimum atomic E-state index is -0.654. The number of amides is 2. The number of hydrogen-bond acceptors (Lipinski definition) is 2. The van der Waals surface area contributed by atoms with Gasteiger partial charge in [0.05, 0.1) is 11.1 Å². The molecule has 0 saturated carbocycles. The number of hydrogen-bond donors (Lipinski definition) is 2. The highest BCUT2D eigenvalue weighted by atomic mass is 35.5. The highest BCUT2D eigenvalue weighted by Gasteiger charge is 2.19. The number of halogens is 3. The minimum absolute atomic E-state index is 0.121. The lowest BCUT2D eigenvalue weighted by Crippen LogP contribution is -2.34. The van der Waals surface area contributed by atoms with Gasteiger partial charge < -0.3 is 15.2 Å². The van der Waals surface area contributed by atoms with Gasteiger partial charge in [0, 0.05) is 23.8 Å². The molecule has 8 heteroatoms. The Kier molecular flexibility index (Phi) is 5.28. The van der Waals surface area contributed by atoms with Crippen molar-refractivity contribution in [3.05, 3.63) is 62.2 Å². The summed E-state index contributed by atoms with van der Waals surface area (Å²) >= 11 is 11.9. The van der Waals surface area contributed by atoms with Crippen molar-refractivity contribution in [3.8, 4) is 0 Å². The molecule has 2 aromatic rings. The third-order valence-electron chi connectivity index (χ3n) is 3.23. The third kappa shape index (κ3) is 3.83. The van der Waals surface area contributed by atoms with E-state index in [0.29, 0.717) is 0 Å². The van der Waals surface area contributed by atoms with Crippen molar-refractivity contribution in [2.24, 2.45) is 7.05 Å². The zero-order valence-corrected chi connectivity index (χ0v) is 13.9. The van der Waals surface area contributed by atoms with E-state index in [9.17, 15) is 14.0 Å². The number of anilines is 1. The van der Waals surface area contributed by atoms with Crippen molar-refractivity contribution in [3.63, 3.8) is 0 Å². The Hall–Kier alpha value is -2.05. The van der Waals surface area contributed by atoms with Crippen LogP contribution in [0.15, 0.2) is 35.3 Å². The Balaban J connectivity index is 2.16. The molecule has 1 atom stereocenters. The number of nitrogens with one attached hydrogen (secondary N) is 2. The SMILES string of the molecule is C[C@H](NC(=O)Nc1cccn(C)c1=O)c1c(Cl)ccc(F)c1Cl. The van der Waals surface area contributed by atoms with Gasteiger partial charge in [0.1, 0.15) is 11.5 Å². The van der Waals surface area contributed by atoms with Gasteiger partial charge in [-0.25, -0.2) is 9.18 Å². The zero-order valence-electron chi connectivity index (χ0n) is 12.4. The molecule has 0 aliphatic rings. The summed E-state index contributed by atoms with van der Waals surface area (Å²) in [6, 6.07) is 4.33. The van der Waals surface area contributed by atoms with E-state index < -0.39 is 17.9 Å². The average molecular weight is 358 g/mol. The van der Waals surface area contributed by atoms with Crippen molar-refractivity contribution in [1.29, 1.82) is 0 Å². The molecule has 122 valence electrons. The third-order valence-corrected chi connectivity index (χ3v) is 3.95. The highest BCUT2D eigenvalue weighted by Crippen LogP contribution is 2.32. The Morgan fingerprint density at radius 1 is 1.30 bits per heavy atom. The number of aromatic nitrogens is 1. The molecule has 0 saturated heterocycles. The number of rotatable bonds is 3. The molecule has 1 aromatic carbocycles. The smallest absolute Gasteiger partial charge is 0.319 e. The van der Waals surface area contributed by atoms with E-state index in [1.54, 1.807) is 26.2 Å². The number of urea groups is 1. The number of nitrogens with zero attached hydrogens (tertiary/aromatic N) is 1. The Labute approximate surface area is 142 Å². The van der Waals surface area contributed by atoms with Crippen LogP contribution in [0.5, 0.6) is 0 Å². The number of carbonyl (C=O) groups excluding carboxylic acids is 1. The molecular formula is C15H14Cl2FN3O2. The second kappa shape index (κ2) is 7.02. The van der Waals surface area contributed by atoms with Crippen LogP contribution >= 0.6 is 23.2 Å². The summed E-state index contributed by atoms with van der Waals surface area (Å²) in [5.74, 6) is -0.628. The summed E-state index contributed by atoms with van der Waals surface area (Å²) in [6.07, 6.45) is 1.57. The number of carbonyl (C=O) groups is 1. The van der Waals surface area contributed by atoms with Gasteiger partial charge in [-0.05, 0) is 31.2 Å². The van der Waals surface area contributed by atoms with Crippen molar-refractivity contribution >= 4 is 34.9 Å². The lowest BCUT2D eigenvalue weighted by molar-refractivity contribution is 0.249. The predicted molar refractivity (Wildman–Crippen MR) is 88.7 cm³/mol. The van der Waals surface area contributed by atoms with Gasteiger partial charge in [0.25, 0.3) is 5.56 Å². The second-order valence-corrected chi connectivity index (χ2v) is 5.70. The van der Waals surface area contributed by atoms with Gasteiger partial charge in [-0.3, -0.25) is 4.79 Å². The maximum Gasteiger partial charge on any atom is 0.319 e. The first-order valence-electron chi connectivity index (χ1n) is 6.67. The molecule has 0 unspecified atom stereocenters. The normalized spacial score (nSPS) is 11.9. The Bertz CT molecular complexity index is 808. The lowest BCUT2D eigenvalue weighted by atomic mass is 10.1. The fraction of sp³-hybridized carbons (Fsp3) is 0.200. The summed E-state index contributed by atoms with van der Waals surface area (Å²) in [7, 11) is 1.57. The maximum absolute atomic E-state index is 13.5.